The van der Waals surface area contributed by atoms with Crippen molar-refractivity contribution in [2.45, 2.75) is 45.8 Å². The fraction of sp³-hybridized carbons (Fsp3) is 0.727. The number of nitrogens with two attached hydrogens (primary N) is 1. The van der Waals surface area contributed by atoms with E-state index in [1.807, 2.05) is 7.11 Å². The molecule has 1 amide bonds. The molecule has 0 unspecified atom stereocenters. The van der Waals surface area contributed by atoms with E-state index in [2.05, 4.69) is 26.6 Å². The van der Waals surface area contributed by atoms with Gasteiger partial charge in [0.15, 0.2) is 8.32 Å². The molecule has 0 atom stereocenters. The zero-order chi connectivity index (χ0) is 12.5. The zero-order valence-corrected chi connectivity index (χ0v) is 11.7. The van der Waals surface area contributed by atoms with E-state index in [0.717, 1.165) is 0 Å². The van der Waals surface area contributed by atoms with Crippen LogP contribution in [0.1, 0.15) is 26.7 Å². The molecule has 4 heteroatoms. The maximum absolute atomic E-state index is 9.82. The average Bonchev–Trinajstić information content (AvgIpc) is 2.16. The Morgan fingerprint density at radius 1 is 1.47 bits per heavy atom. The third-order valence-electron chi connectivity index (χ3n) is 2.11. The molecule has 0 saturated carbocycles. The lowest BCUT2D eigenvalue weighted by atomic mass is 10.3. The highest BCUT2D eigenvalue weighted by Gasteiger charge is 2.18. The van der Waals surface area contributed by atoms with Gasteiger partial charge in [-0.05, 0) is 26.1 Å². The first-order chi connectivity index (χ1) is 6.76. The van der Waals surface area contributed by atoms with E-state index >= 15 is 0 Å². The van der Waals surface area contributed by atoms with Gasteiger partial charge in [-0.2, -0.15) is 0 Å². The molecule has 0 rings (SSSR count). The smallest absolute Gasteiger partial charge is 0.243 e. The van der Waals surface area contributed by atoms with Crippen molar-refractivity contribution in [3.05, 3.63) is 12.2 Å². The predicted molar refractivity (Wildman–Crippen MR) is 68.2 cm³/mol. The van der Waals surface area contributed by atoms with Gasteiger partial charge in [-0.15, -0.1) is 0 Å². The molecule has 3 nitrogen and oxygen atoms in total. The average molecular weight is 231 g/mol. The molecule has 0 aromatic carbocycles. The Labute approximate surface area is 94.8 Å². The van der Waals surface area contributed by atoms with Crippen LogP contribution in [0, 0.1) is 0 Å². The molecule has 0 aromatic heterocycles. The van der Waals surface area contributed by atoms with Crippen LogP contribution in [-0.4, -0.2) is 21.3 Å². The van der Waals surface area contributed by atoms with Crippen LogP contribution >= 0.6 is 0 Å². The molecule has 15 heavy (non-hydrogen) atoms. The van der Waals surface area contributed by atoms with E-state index < -0.39 is 14.2 Å². The molecule has 0 bridgehead atoms. The minimum Gasteiger partial charge on any atom is -0.420 e. The number of hydrogen-bond donors (Lipinski definition) is 1. The highest BCUT2D eigenvalue weighted by Crippen LogP contribution is 2.12. The summed E-state index contributed by atoms with van der Waals surface area (Å²) in [6.45, 7) is 11.6. The molecule has 0 saturated heterocycles. The van der Waals surface area contributed by atoms with E-state index in [9.17, 15) is 4.79 Å². The van der Waals surface area contributed by atoms with Gasteiger partial charge in [-0.25, -0.2) is 0 Å². The minimum atomic E-state index is -1.20. The number of hydrogen-bond acceptors (Lipinski definition) is 2. The van der Waals surface area contributed by atoms with Crippen molar-refractivity contribution >= 4 is 14.2 Å². The first-order valence-electron chi connectivity index (χ1n) is 5.27. The molecule has 0 aliphatic heterocycles. The minimum absolute atomic E-state index is 0.398. The van der Waals surface area contributed by atoms with Gasteiger partial charge < -0.3 is 10.2 Å². The summed E-state index contributed by atoms with van der Waals surface area (Å²) in [5.74, 6) is -0.435. The number of carbonyl (C=O) groups is 1. The number of carbonyl (C=O) groups excluding carboxylic acids is 1. The Bertz CT molecular complexity index is 191. The Kier molecular flexibility index (Phi) is 9.72. The highest BCUT2D eigenvalue weighted by molar-refractivity contribution is 6.71. The molecule has 0 heterocycles. The van der Waals surface area contributed by atoms with Crippen molar-refractivity contribution in [1.82, 2.24) is 0 Å². The van der Waals surface area contributed by atoms with Crippen LogP contribution in [0.2, 0.25) is 19.1 Å². The third kappa shape index (κ3) is 13.4. The van der Waals surface area contributed by atoms with Gasteiger partial charge in [0.1, 0.15) is 0 Å². The van der Waals surface area contributed by atoms with Crippen molar-refractivity contribution in [2.24, 2.45) is 5.73 Å². The number of primary amides is 1. The van der Waals surface area contributed by atoms with Gasteiger partial charge in [-0.1, -0.05) is 26.3 Å². The molecule has 2 N–H and O–H groups in total. The maximum atomic E-state index is 9.82. The van der Waals surface area contributed by atoms with Crippen LogP contribution in [0.25, 0.3) is 0 Å². The summed E-state index contributed by atoms with van der Waals surface area (Å²) in [6, 6.07) is 1.31. The summed E-state index contributed by atoms with van der Waals surface area (Å²) in [4.78, 5) is 9.82. The first-order valence-corrected chi connectivity index (χ1v) is 8.38. The first kappa shape index (κ1) is 16.8. The molecule has 90 valence electrons. The molecule has 0 spiro atoms. The van der Waals surface area contributed by atoms with E-state index in [4.69, 9.17) is 10.2 Å². The van der Waals surface area contributed by atoms with Crippen LogP contribution in [0.15, 0.2) is 12.2 Å². The summed E-state index contributed by atoms with van der Waals surface area (Å²) < 4.78 is 5.38. The van der Waals surface area contributed by atoms with E-state index in [1.54, 1.807) is 6.92 Å². The fourth-order valence-electron chi connectivity index (χ4n) is 0.705. The van der Waals surface area contributed by atoms with Crippen molar-refractivity contribution < 1.29 is 9.22 Å². The van der Waals surface area contributed by atoms with E-state index in [0.29, 0.717) is 5.57 Å². The Balaban J connectivity index is 0. The zero-order valence-electron chi connectivity index (χ0n) is 10.7. The Morgan fingerprint density at radius 2 is 1.87 bits per heavy atom. The monoisotopic (exact) mass is 231 g/mol. The molecular weight excluding hydrogens is 206 g/mol. The number of amides is 1. The Morgan fingerprint density at radius 3 is 2.07 bits per heavy atom. The van der Waals surface area contributed by atoms with Gasteiger partial charge in [-0.3, -0.25) is 4.79 Å². The van der Waals surface area contributed by atoms with Crippen LogP contribution in [0.3, 0.4) is 0 Å². The van der Waals surface area contributed by atoms with E-state index in [-0.39, 0.29) is 0 Å². The summed E-state index contributed by atoms with van der Waals surface area (Å²) in [6.07, 6.45) is 2.62. The normalized spacial score (nSPS) is 10.2. The summed E-state index contributed by atoms with van der Waals surface area (Å²) >= 11 is 0. The largest absolute Gasteiger partial charge is 0.420 e. The third-order valence-corrected chi connectivity index (χ3v) is 4.77. The van der Waals surface area contributed by atoms with Gasteiger partial charge in [0.05, 0.1) is 0 Å². The second kappa shape index (κ2) is 8.68. The Hall–Kier alpha value is -0.613. The van der Waals surface area contributed by atoms with Crippen molar-refractivity contribution in [3.63, 3.8) is 0 Å². The molecule has 0 radical (unpaired) electrons. The topological polar surface area (TPSA) is 52.3 Å². The summed E-state index contributed by atoms with van der Waals surface area (Å²) in [7, 11) is 0.637. The van der Waals surface area contributed by atoms with Crippen molar-refractivity contribution in [2.75, 3.05) is 7.11 Å². The predicted octanol–water partition coefficient (Wildman–Crippen LogP) is 2.69. The van der Waals surface area contributed by atoms with Gasteiger partial charge >= 0.3 is 0 Å². The van der Waals surface area contributed by atoms with Crippen molar-refractivity contribution in [1.29, 1.82) is 0 Å². The van der Waals surface area contributed by atoms with Gasteiger partial charge in [0, 0.05) is 12.7 Å². The lowest BCUT2D eigenvalue weighted by molar-refractivity contribution is -0.114. The second-order valence-corrected chi connectivity index (χ2v) is 8.64. The van der Waals surface area contributed by atoms with E-state index in [1.165, 1.54) is 18.9 Å². The van der Waals surface area contributed by atoms with Crippen molar-refractivity contribution in [3.8, 4) is 0 Å². The summed E-state index contributed by atoms with van der Waals surface area (Å²) in [5, 5.41) is 0. The van der Waals surface area contributed by atoms with Crippen LogP contribution < -0.4 is 5.73 Å². The quantitative estimate of drug-likeness (QED) is 0.584. The lowest BCUT2D eigenvalue weighted by Gasteiger charge is -2.18. The van der Waals surface area contributed by atoms with Crippen LogP contribution in [0.4, 0.5) is 0 Å². The SMILES string of the molecule is C=C(C)C(N)=O.CCCC[Si](C)(C)OC. The van der Waals surface area contributed by atoms with Crippen LogP contribution in [0.5, 0.6) is 0 Å². The maximum Gasteiger partial charge on any atom is 0.243 e. The second-order valence-electron chi connectivity index (χ2n) is 4.21. The molecule has 0 aromatic rings. The molecule has 0 fully saturated rings. The number of rotatable bonds is 5. The lowest BCUT2D eigenvalue weighted by Crippen LogP contribution is -2.27. The van der Waals surface area contributed by atoms with Gasteiger partial charge in [0.25, 0.3) is 0 Å². The fourth-order valence-corrected chi connectivity index (χ4v) is 2.11. The standard InChI is InChI=1S/C7H18OSi.C4H7NO/c1-5-6-7-9(3,4)8-2;1-3(2)4(5)6/h5-7H2,1-4H3;1H2,2H3,(H2,5,6). The van der Waals surface area contributed by atoms with Crippen LogP contribution in [-0.2, 0) is 9.22 Å². The summed E-state index contributed by atoms with van der Waals surface area (Å²) in [5.41, 5.74) is 5.09. The molecular formula is C11H25NO2Si. The van der Waals surface area contributed by atoms with Gasteiger partial charge in [0.2, 0.25) is 5.91 Å². The highest BCUT2D eigenvalue weighted by atomic mass is 28.4. The molecule has 0 aliphatic carbocycles. The molecule has 0 aliphatic rings. The number of unbranched alkanes of at least 4 members (excludes halogenated alkanes) is 1.